The average molecular weight is 538 g/mol. The molecule has 0 aliphatic heterocycles. The molecule has 0 fully saturated rings. The van der Waals surface area contributed by atoms with E-state index in [-0.39, 0.29) is 0 Å². The molecule has 3 aromatic carbocycles. The summed E-state index contributed by atoms with van der Waals surface area (Å²) in [6, 6.07) is 32.5. The zero-order valence-corrected chi connectivity index (χ0v) is 17.4. The summed E-state index contributed by atoms with van der Waals surface area (Å²) in [6.07, 6.45) is 0.750. The second-order valence-corrected chi connectivity index (χ2v) is 7.19. The van der Waals surface area contributed by atoms with E-state index < -0.39 is 7.92 Å². The molecule has 0 N–H and O–H groups in total. The summed E-state index contributed by atoms with van der Waals surface area (Å²) in [6.45, 7) is 1.44. The maximum Gasteiger partial charge on any atom is 0.102 e. The summed E-state index contributed by atoms with van der Waals surface area (Å²) in [5, 5.41) is 4.31. The van der Waals surface area contributed by atoms with E-state index in [0.717, 1.165) is 6.29 Å². The van der Waals surface area contributed by atoms with E-state index in [1.807, 2.05) is 0 Å². The van der Waals surface area contributed by atoms with Crippen LogP contribution in [0, 0.1) is 0 Å². The minimum Gasteiger partial charge on any atom is -0.0620 e. The Morgan fingerprint density at radius 1 is 0.667 bits per heavy atom. The van der Waals surface area contributed by atoms with Crippen molar-refractivity contribution in [3.63, 3.8) is 0 Å². The van der Waals surface area contributed by atoms with Crippen molar-refractivity contribution in [1.82, 2.24) is 0 Å². The number of halogens is 1. The van der Waals surface area contributed by atoms with Gasteiger partial charge < -0.3 is 4.79 Å². The number of carbonyl (C=O) groups excluding carboxylic acids is 1. The Labute approximate surface area is 160 Å². The zero-order valence-electron chi connectivity index (χ0n) is 13.3. The van der Waals surface area contributed by atoms with Crippen LogP contribution in [0.15, 0.2) is 91.0 Å². The fourth-order valence-corrected chi connectivity index (χ4v) is 4.89. The van der Waals surface area contributed by atoms with Crippen molar-refractivity contribution in [2.75, 3.05) is 0 Å². The van der Waals surface area contributed by atoms with Crippen LogP contribution in [-0.4, -0.2) is 6.29 Å². The molecule has 3 aromatic rings. The molecule has 0 atom stereocenters. The van der Waals surface area contributed by atoms with Gasteiger partial charge in [-0.25, -0.2) is 0 Å². The Hall–Kier alpha value is -1.26. The van der Waals surface area contributed by atoms with E-state index in [2.05, 4.69) is 100 Å². The van der Waals surface area contributed by atoms with Crippen molar-refractivity contribution in [1.29, 1.82) is 0 Å². The topological polar surface area (TPSA) is 17.1 Å². The number of carbonyl (C=O) groups is 1. The molecule has 0 saturated carbocycles. The van der Waals surface area contributed by atoms with Gasteiger partial charge in [0.15, 0.2) is 0 Å². The van der Waals surface area contributed by atoms with Crippen LogP contribution in [0.3, 0.4) is 0 Å². The molecule has 1 nitrogen and oxygen atoms in total. The summed E-state index contributed by atoms with van der Waals surface area (Å²) in [4.78, 5) is 8.81. The Bertz CT molecular complexity index is 584. The molecule has 0 saturated heterocycles. The molecule has 0 spiro atoms. The molecule has 0 amide bonds. The number of hydrogen-bond acceptors (Lipinski definition) is 1. The van der Waals surface area contributed by atoms with Gasteiger partial charge in [0.1, 0.15) is 22.2 Å². The summed E-state index contributed by atoms with van der Waals surface area (Å²) in [5.41, 5.74) is 0. The van der Waals surface area contributed by atoms with Crippen LogP contribution in [0.25, 0.3) is 0 Å². The van der Waals surface area contributed by atoms with Crippen LogP contribution < -0.4 is 15.9 Å². The molecule has 4 heteroatoms. The first-order chi connectivity index (χ1) is 11.9. The molecule has 0 aromatic heterocycles. The third-order valence-electron chi connectivity index (χ3n) is 3.19. The summed E-state index contributed by atoms with van der Waals surface area (Å²) < 4.78 is 0. The fraction of sp³-hybridized carbons (Fsp3) is 0.0500. The van der Waals surface area contributed by atoms with Gasteiger partial charge in [-0.1, -0.05) is 54.6 Å². The Balaban J connectivity index is 0.000000521. The quantitative estimate of drug-likeness (QED) is 0.364. The van der Waals surface area contributed by atoms with Crippen molar-refractivity contribution >= 4 is 39.5 Å². The number of aldehydes is 1. The number of rotatable bonds is 3. The molecule has 0 heterocycles. The van der Waals surface area contributed by atoms with E-state index in [1.54, 1.807) is 18.8 Å². The van der Waals surface area contributed by atoms with E-state index in [9.17, 15) is 0 Å². The number of hydrogen-bond donors (Lipinski definition) is 0. The number of benzene rings is 3. The van der Waals surface area contributed by atoms with Crippen molar-refractivity contribution in [3.8, 4) is 0 Å². The van der Waals surface area contributed by atoms with Crippen molar-refractivity contribution in [3.05, 3.63) is 91.0 Å². The summed E-state index contributed by atoms with van der Waals surface area (Å²) in [5.74, 6) is 0. The van der Waals surface area contributed by atoms with Crippen LogP contribution in [0.5, 0.6) is 0 Å². The van der Waals surface area contributed by atoms with Gasteiger partial charge in [-0.15, -0.1) is 0 Å². The van der Waals surface area contributed by atoms with E-state index in [4.69, 9.17) is 4.79 Å². The van der Waals surface area contributed by atoms with Gasteiger partial charge in [-0.3, -0.25) is 0 Å². The normalized spacial score (nSPS) is 9.21. The largest absolute Gasteiger partial charge is 0.102 e. The van der Waals surface area contributed by atoms with Crippen molar-refractivity contribution in [2.45, 2.75) is 6.92 Å². The molecule has 0 radical (unpaired) electrons. The monoisotopic (exact) mass is 537 g/mol. The molecular weight excluding hydrogens is 518 g/mol. The summed E-state index contributed by atoms with van der Waals surface area (Å²) >= 11 is 1.61. The molecule has 0 unspecified atom stereocenters. The first kappa shape index (κ1) is 20.8. The van der Waals surface area contributed by atoms with Gasteiger partial charge in [-0.05, 0) is 43.3 Å². The molecular formula is C20H20ClOPPt+2. The predicted octanol–water partition coefficient (Wildman–Crippen LogP) is 4.07. The van der Waals surface area contributed by atoms with Crippen LogP contribution in [0.4, 0.5) is 0 Å². The third-order valence-corrected chi connectivity index (χ3v) is 5.92. The third kappa shape index (κ3) is 6.70. The minimum absolute atomic E-state index is 0.750. The maximum atomic E-state index is 8.81. The Morgan fingerprint density at radius 3 is 1.08 bits per heavy atom. The van der Waals surface area contributed by atoms with Gasteiger partial charge in [0.05, 0.1) is 7.92 Å². The molecule has 0 aliphatic carbocycles. The predicted molar refractivity (Wildman–Crippen MR) is 104 cm³/mol. The molecule has 24 heavy (non-hydrogen) atoms. The smallest absolute Gasteiger partial charge is 0.0620 e. The van der Waals surface area contributed by atoms with Crippen LogP contribution >= 0.6 is 17.3 Å². The Morgan fingerprint density at radius 2 is 0.875 bits per heavy atom. The first-order valence-electron chi connectivity index (χ1n) is 7.41. The SMILES string of the molecule is CC=O.[Cl][Pt+].c1ccc([PH+](c2ccccc2)c2ccccc2)cc1. The second-order valence-electron chi connectivity index (χ2n) is 4.71. The zero-order chi connectivity index (χ0) is 17.6. The maximum absolute atomic E-state index is 8.81. The van der Waals surface area contributed by atoms with Crippen LogP contribution in [0.2, 0.25) is 0 Å². The van der Waals surface area contributed by atoms with Gasteiger partial charge in [-0.2, -0.15) is 0 Å². The minimum atomic E-state index is -0.877. The first-order valence-corrected chi connectivity index (χ1v) is 11.7. The van der Waals surface area contributed by atoms with Gasteiger partial charge in [0.2, 0.25) is 0 Å². The van der Waals surface area contributed by atoms with E-state index >= 15 is 0 Å². The fourth-order valence-electron chi connectivity index (χ4n) is 2.31. The van der Waals surface area contributed by atoms with Crippen molar-refractivity contribution < 1.29 is 23.6 Å². The standard InChI is InChI=1S/C18H15P.C2H4O.ClH.Pt/c1-4-10-16(11-5-1)19(17-12-6-2-7-13-17)18-14-8-3-9-15-18;1-2-3;;/h1-15H;2H,1H3;1H;/q;;;+2. The van der Waals surface area contributed by atoms with Crippen LogP contribution in [-0.2, 0) is 23.6 Å². The molecule has 126 valence electrons. The van der Waals surface area contributed by atoms with Crippen LogP contribution in [0.1, 0.15) is 6.92 Å². The molecule has 0 bridgehead atoms. The molecule has 0 aliphatic rings. The van der Waals surface area contributed by atoms with Gasteiger partial charge >= 0.3 is 28.2 Å². The van der Waals surface area contributed by atoms with Gasteiger partial charge in [0.25, 0.3) is 0 Å². The Kier molecular flexibility index (Phi) is 11.3. The van der Waals surface area contributed by atoms with E-state index in [1.165, 1.54) is 22.8 Å². The average Bonchev–Trinajstić information content (AvgIpc) is 2.67. The molecule has 3 rings (SSSR count). The van der Waals surface area contributed by atoms with Crippen molar-refractivity contribution in [2.24, 2.45) is 0 Å². The second kappa shape index (κ2) is 13.1. The summed E-state index contributed by atoms with van der Waals surface area (Å²) in [7, 11) is 3.73. The van der Waals surface area contributed by atoms with Gasteiger partial charge in [0, 0.05) is 0 Å². The van der Waals surface area contributed by atoms with E-state index in [0.29, 0.717) is 0 Å².